The van der Waals surface area contributed by atoms with Gasteiger partial charge in [-0.05, 0) is 12.1 Å². The molecule has 5 N–H and O–H groups in total. The minimum absolute atomic E-state index is 0.354. The van der Waals surface area contributed by atoms with Gasteiger partial charge in [0.05, 0.1) is 18.0 Å². The molecule has 0 unspecified atom stereocenters. The number of urea groups is 1. The van der Waals surface area contributed by atoms with Crippen molar-refractivity contribution in [2.24, 2.45) is 11.5 Å². The van der Waals surface area contributed by atoms with E-state index in [1.165, 1.54) is 11.3 Å². The molecule has 2 amide bonds. The first-order valence-corrected chi connectivity index (χ1v) is 4.85. The van der Waals surface area contributed by atoms with Crippen LogP contribution in [0.3, 0.4) is 0 Å². The maximum Gasteiger partial charge on any atom is 0.312 e. The molecule has 14 heavy (non-hydrogen) atoms. The topological polar surface area (TPSA) is 81.1 Å². The molecule has 1 aromatic heterocycles. The molecular formula is C9H11N3OS. The van der Waals surface area contributed by atoms with E-state index in [9.17, 15) is 4.79 Å². The van der Waals surface area contributed by atoms with Gasteiger partial charge in [0.2, 0.25) is 0 Å². The third-order valence-electron chi connectivity index (χ3n) is 1.41. The Morgan fingerprint density at radius 1 is 1.57 bits per heavy atom. The molecule has 0 radical (unpaired) electrons. The summed E-state index contributed by atoms with van der Waals surface area (Å²) in [6.07, 6.45) is 0. The summed E-state index contributed by atoms with van der Waals surface area (Å²) in [6.45, 7) is 0.803. The number of carbonyl (C=O) groups is 1. The zero-order valence-corrected chi connectivity index (χ0v) is 8.36. The Balaban J connectivity index is 2.55. The van der Waals surface area contributed by atoms with Crippen LogP contribution in [0.2, 0.25) is 0 Å². The molecule has 0 spiro atoms. The molecular weight excluding hydrogens is 198 g/mol. The van der Waals surface area contributed by atoms with Crippen LogP contribution in [0.25, 0.3) is 0 Å². The van der Waals surface area contributed by atoms with Crippen LogP contribution in [0.4, 0.5) is 4.79 Å². The number of rotatable bonds is 2. The van der Waals surface area contributed by atoms with E-state index in [1.54, 1.807) is 0 Å². The Kier molecular flexibility index (Phi) is 3.98. The summed E-state index contributed by atoms with van der Waals surface area (Å²) in [5.41, 5.74) is 10.2. The lowest BCUT2D eigenvalue weighted by Crippen LogP contribution is -2.28. The van der Waals surface area contributed by atoms with E-state index in [0.717, 1.165) is 9.75 Å². The minimum Gasteiger partial charge on any atom is -0.352 e. The van der Waals surface area contributed by atoms with Crippen molar-refractivity contribution in [3.8, 4) is 11.8 Å². The van der Waals surface area contributed by atoms with Gasteiger partial charge in [-0.2, -0.15) is 0 Å². The Hall–Kier alpha value is -1.51. The van der Waals surface area contributed by atoms with Gasteiger partial charge in [-0.25, -0.2) is 4.79 Å². The number of nitrogens with one attached hydrogen (secondary N) is 1. The van der Waals surface area contributed by atoms with Crippen molar-refractivity contribution in [1.82, 2.24) is 5.32 Å². The molecule has 0 aliphatic rings. The molecule has 74 valence electrons. The Morgan fingerprint density at radius 3 is 3.00 bits per heavy atom. The van der Waals surface area contributed by atoms with Gasteiger partial charge in [-0.15, -0.1) is 11.3 Å². The van der Waals surface area contributed by atoms with E-state index < -0.39 is 6.03 Å². The zero-order chi connectivity index (χ0) is 10.4. The number of hydrogen-bond donors (Lipinski definition) is 3. The standard InChI is InChI=1S/C9H11N3OS/c10-5-1-2-7-3-4-8(14-7)6-12-9(11)13/h3-4H,5-6,10H2,(H3,11,12,13). The van der Waals surface area contributed by atoms with Crippen LogP contribution in [0.15, 0.2) is 12.1 Å². The van der Waals surface area contributed by atoms with Crippen LogP contribution in [0.5, 0.6) is 0 Å². The first-order chi connectivity index (χ1) is 6.72. The van der Waals surface area contributed by atoms with E-state index in [4.69, 9.17) is 11.5 Å². The summed E-state index contributed by atoms with van der Waals surface area (Å²) in [5, 5.41) is 2.51. The molecule has 0 saturated carbocycles. The maximum atomic E-state index is 10.4. The number of amides is 2. The second-order valence-electron chi connectivity index (χ2n) is 2.49. The summed E-state index contributed by atoms with van der Waals surface area (Å²) < 4.78 is 0. The number of nitrogens with two attached hydrogens (primary N) is 2. The van der Waals surface area contributed by atoms with Gasteiger partial charge in [0, 0.05) is 4.88 Å². The molecule has 4 nitrogen and oxygen atoms in total. The number of hydrogen-bond acceptors (Lipinski definition) is 3. The van der Waals surface area contributed by atoms with E-state index in [1.807, 2.05) is 12.1 Å². The molecule has 0 bridgehead atoms. The van der Waals surface area contributed by atoms with Gasteiger partial charge in [0.1, 0.15) is 0 Å². The fourth-order valence-corrected chi connectivity index (χ4v) is 1.67. The lowest BCUT2D eigenvalue weighted by atomic mass is 10.4. The Bertz CT molecular complexity index is 375. The summed E-state index contributed by atoms with van der Waals surface area (Å²) in [5.74, 6) is 5.67. The molecule has 0 aliphatic heterocycles. The fourth-order valence-electron chi connectivity index (χ4n) is 0.852. The van der Waals surface area contributed by atoms with Crippen molar-refractivity contribution < 1.29 is 4.79 Å². The molecule has 0 aliphatic carbocycles. The molecule has 0 fully saturated rings. The van der Waals surface area contributed by atoms with Crippen molar-refractivity contribution in [3.63, 3.8) is 0 Å². The highest BCUT2D eigenvalue weighted by Crippen LogP contribution is 2.14. The molecule has 1 rings (SSSR count). The molecule has 5 heteroatoms. The minimum atomic E-state index is -0.520. The van der Waals surface area contributed by atoms with Gasteiger partial charge >= 0.3 is 6.03 Å². The predicted molar refractivity (Wildman–Crippen MR) is 56.7 cm³/mol. The van der Waals surface area contributed by atoms with Gasteiger partial charge in [0.15, 0.2) is 0 Å². The highest BCUT2D eigenvalue weighted by Gasteiger charge is 1.98. The quantitative estimate of drug-likeness (QED) is 0.609. The molecule has 1 heterocycles. The number of carbonyl (C=O) groups excluding carboxylic acids is 1. The van der Waals surface area contributed by atoms with Crippen molar-refractivity contribution in [2.75, 3.05) is 6.54 Å². The van der Waals surface area contributed by atoms with Crippen molar-refractivity contribution in [3.05, 3.63) is 21.9 Å². The highest BCUT2D eigenvalue weighted by atomic mass is 32.1. The van der Waals surface area contributed by atoms with Crippen LogP contribution in [0, 0.1) is 11.8 Å². The average Bonchev–Trinajstić information content (AvgIpc) is 2.59. The summed E-state index contributed by atoms with van der Waals surface area (Å²) in [6, 6.07) is 3.28. The van der Waals surface area contributed by atoms with E-state index in [0.29, 0.717) is 13.1 Å². The van der Waals surface area contributed by atoms with Crippen LogP contribution in [0.1, 0.15) is 9.75 Å². The molecule has 0 saturated heterocycles. The van der Waals surface area contributed by atoms with E-state index in [2.05, 4.69) is 17.2 Å². The van der Waals surface area contributed by atoms with E-state index in [-0.39, 0.29) is 0 Å². The lowest BCUT2D eigenvalue weighted by molar-refractivity contribution is 0.248. The van der Waals surface area contributed by atoms with Crippen LogP contribution >= 0.6 is 11.3 Å². The Morgan fingerprint density at radius 2 is 2.36 bits per heavy atom. The largest absolute Gasteiger partial charge is 0.352 e. The lowest BCUT2D eigenvalue weighted by Gasteiger charge is -1.96. The normalized spacial score (nSPS) is 8.93. The third-order valence-corrected chi connectivity index (χ3v) is 2.41. The monoisotopic (exact) mass is 209 g/mol. The highest BCUT2D eigenvalue weighted by molar-refractivity contribution is 7.12. The zero-order valence-electron chi connectivity index (χ0n) is 7.54. The second-order valence-corrected chi connectivity index (χ2v) is 3.66. The second kappa shape index (κ2) is 5.27. The molecule has 0 atom stereocenters. The average molecular weight is 209 g/mol. The molecule has 1 aromatic rings. The van der Waals surface area contributed by atoms with Gasteiger partial charge < -0.3 is 16.8 Å². The third kappa shape index (κ3) is 3.47. The van der Waals surface area contributed by atoms with Gasteiger partial charge in [-0.3, -0.25) is 0 Å². The fraction of sp³-hybridized carbons (Fsp3) is 0.222. The van der Waals surface area contributed by atoms with Crippen molar-refractivity contribution >= 4 is 17.4 Å². The predicted octanol–water partition coefficient (Wildman–Crippen LogP) is 0.227. The number of thiophene rings is 1. The molecule has 0 aromatic carbocycles. The van der Waals surface area contributed by atoms with Crippen molar-refractivity contribution in [2.45, 2.75) is 6.54 Å². The van der Waals surface area contributed by atoms with Crippen LogP contribution in [-0.4, -0.2) is 12.6 Å². The SMILES string of the molecule is NCC#Cc1ccc(CNC(N)=O)s1. The van der Waals surface area contributed by atoms with Crippen molar-refractivity contribution in [1.29, 1.82) is 0 Å². The van der Waals surface area contributed by atoms with Crippen LogP contribution < -0.4 is 16.8 Å². The van der Waals surface area contributed by atoms with Gasteiger partial charge in [-0.1, -0.05) is 11.8 Å². The van der Waals surface area contributed by atoms with E-state index >= 15 is 0 Å². The van der Waals surface area contributed by atoms with Gasteiger partial charge in [0.25, 0.3) is 0 Å². The summed E-state index contributed by atoms with van der Waals surface area (Å²) in [4.78, 5) is 12.4. The summed E-state index contributed by atoms with van der Waals surface area (Å²) in [7, 11) is 0. The smallest absolute Gasteiger partial charge is 0.312 e. The summed E-state index contributed by atoms with van der Waals surface area (Å²) >= 11 is 1.52. The van der Waals surface area contributed by atoms with Crippen LogP contribution in [-0.2, 0) is 6.54 Å². The maximum absolute atomic E-state index is 10.4. The first-order valence-electron chi connectivity index (χ1n) is 4.03. The first kappa shape index (κ1) is 10.6. The Labute approximate surface area is 86.3 Å². The number of primary amides is 1.